The van der Waals surface area contributed by atoms with Gasteiger partial charge in [0.1, 0.15) is 5.82 Å². The summed E-state index contributed by atoms with van der Waals surface area (Å²) in [6.45, 7) is 11.1. The van der Waals surface area contributed by atoms with E-state index < -0.39 is 0 Å². The van der Waals surface area contributed by atoms with E-state index in [4.69, 9.17) is 9.73 Å². The number of nitrogens with one attached hydrogen (secondary N) is 1. The summed E-state index contributed by atoms with van der Waals surface area (Å²) in [6.07, 6.45) is 0. The summed E-state index contributed by atoms with van der Waals surface area (Å²) in [7, 11) is 0. The molecule has 0 saturated carbocycles. The number of aliphatic imine (C=N–C) groups is 1. The molecule has 0 aromatic heterocycles. The van der Waals surface area contributed by atoms with Gasteiger partial charge in [-0.3, -0.25) is 14.7 Å². The molecular formula is C21H33FIN5O2. The molecule has 0 aliphatic carbocycles. The lowest BCUT2D eigenvalue weighted by Gasteiger charge is -2.37. The minimum absolute atomic E-state index is 0. The molecule has 30 heavy (non-hydrogen) atoms. The number of piperazine rings is 1. The zero-order valence-corrected chi connectivity index (χ0v) is 20.2. The first kappa shape index (κ1) is 24.8. The number of carbonyl (C=O) groups is 1. The number of halogens is 2. The van der Waals surface area contributed by atoms with Crippen LogP contribution < -0.4 is 5.32 Å². The lowest BCUT2D eigenvalue weighted by molar-refractivity contribution is -0.130. The quantitative estimate of drug-likeness (QED) is 0.357. The van der Waals surface area contributed by atoms with Crippen molar-refractivity contribution in [2.45, 2.75) is 19.9 Å². The van der Waals surface area contributed by atoms with Crippen LogP contribution in [0.25, 0.3) is 0 Å². The normalized spacial score (nSPS) is 19.2. The minimum Gasteiger partial charge on any atom is -0.379 e. The Balaban J connectivity index is 0.00000320. The van der Waals surface area contributed by atoms with Gasteiger partial charge in [-0.25, -0.2) is 4.39 Å². The van der Waals surface area contributed by atoms with Gasteiger partial charge >= 0.3 is 0 Å². The fourth-order valence-electron chi connectivity index (χ4n) is 3.84. The Morgan fingerprint density at radius 3 is 2.27 bits per heavy atom. The van der Waals surface area contributed by atoms with Crippen LogP contribution >= 0.6 is 24.0 Å². The van der Waals surface area contributed by atoms with Crippen molar-refractivity contribution in [1.29, 1.82) is 0 Å². The van der Waals surface area contributed by atoms with E-state index in [0.29, 0.717) is 32.8 Å². The highest BCUT2D eigenvalue weighted by Crippen LogP contribution is 2.23. The molecule has 2 fully saturated rings. The van der Waals surface area contributed by atoms with Gasteiger partial charge < -0.3 is 19.9 Å². The van der Waals surface area contributed by atoms with Gasteiger partial charge in [-0.05, 0) is 24.6 Å². The summed E-state index contributed by atoms with van der Waals surface area (Å²) < 4.78 is 18.9. The van der Waals surface area contributed by atoms with E-state index in [1.807, 2.05) is 17.0 Å². The van der Waals surface area contributed by atoms with Crippen LogP contribution in [0, 0.1) is 5.82 Å². The number of nitrogens with zero attached hydrogens (tertiary/aromatic N) is 4. The number of carbonyl (C=O) groups excluding carboxylic acids is 1. The van der Waals surface area contributed by atoms with E-state index in [0.717, 1.165) is 44.2 Å². The average Bonchev–Trinajstić information content (AvgIpc) is 2.75. The van der Waals surface area contributed by atoms with Gasteiger partial charge in [-0.2, -0.15) is 0 Å². The number of hydrogen-bond acceptors (Lipinski definition) is 4. The third-order valence-electron chi connectivity index (χ3n) is 5.51. The average molecular weight is 533 g/mol. The lowest BCUT2D eigenvalue weighted by Crippen LogP contribution is -2.53. The molecule has 2 saturated heterocycles. The first-order valence-electron chi connectivity index (χ1n) is 10.4. The Hall–Kier alpha value is -1.46. The van der Waals surface area contributed by atoms with Crippen LogP contribution in [0.15, 0.2) is 29.3 Å². The van der Waals surface area contributed by atoms with Crippen LogP contribution in [-0.2, 0) is 9.53 Å². The SMILES string of the molecule is CCNC(=NCC(c1ccc(F)cc1)N1CCOCC1)N1CCN(C(C)=O)CC1.I. The molecule has 1 aromatic carbocycles. The number of hydrogen-bond donors (Lipinski definition) is 1. The van der Waals surface area contributed by atoms with E-state index in [-0.39, 0.29) is 41.7 Å². The van der Waals surface area contributed by atoms with Gasteiger partial charge in [0, 0.05) is 52.7 Å². The summed E-state index contributed by atoms with van der Waals surface area (Å²) in [6, 6.07) is 6.80. The first-order chi connectivity index (χ1) is 14.1. The zero-order chi connectivity index (χ0) is 20.6. The molecule has 2 heterocycles. The second-order valence-corrected chi connectivity index (χ2v) is 7.40. The Morgan fingerprint density at radius 2 is 1.70 bits per heavy atom. The number of benzene rings is 1. The highest BCUT2D eigenvalue weighted by atomic mass is 127. The van der Waals surface area contributed by atoms with Crippen molar-refractivity contribution in [3.05, 3.63) is 35.6 Å². The number of amides is 1. The van der Waals surface area contributed by atoms with Crippen LogP contribution in [0.4, 0.5) is 4.39 Å². The fourth-order valence-corrected chi connectivity index (χ4v) is 3.84. The summed E-state index contributed by atoms with van der Waals surface area (Å²) >= 11 is 0. The minimum atomic E-state index is -0.227. The highest BCUT2D eigenvalue weighted by molar-refractivity contribution is 14.0. The molecule has 1 aromatic rings. The molecular weight excluding hydrogens is 500 g/mol. The molecule has 9 heteroatoms. The molecule has 0 spiro atoms. The number of rotatable bonds is 5. The van der Waals surface area contributed by atoms with Crippen LogP contribution in [0.1, 0.15) is 25.5 Å². The molecule has 3 rings (SSSR count). The summed E-state index contributed by atoms with van der Waals surface area (Å²) in [5.41, 5.74) is 1.06. The Morgan fingerprint density at radius 1 is 1.10 bits per heavy atom. The first-order valence-corrected chi connectivity index (χ1v) is 10.4. The van der Waals surface area contributed by atoms with Crippen molar-refractivity contribution in [2.75, 3.05) is 65.6 Å². The van der Waals surface area contributed by atoms with Crippen LogP contribution in [0.5, 0.6) is 0 Å². The maximum Gasteiger partial charge on any atom is 0.219 e. The number of ether oxygens (including phenoxy) is 1. The molecule has 0 bridgehead atoms. The largest absolute Gasteiger partial charge is 0.379 e. The molecule has 2 aliphatic heterocycles. The number of morpholine rings is 1. The number of guanidine groups is 1. The van der Waals surface area contributed by atoms with Crippen LogP contribution in [-0.4, -0.2) is 92.1 Å². The van der Waals surface area contributed by atoms with Crippen molar-refractivity contribution in [3.8, 4) is 0 Å². The monoisotopic (exact) mass is 533 g/mol. The molecule has 0 radical (unpaired) electrons. The van der Waals surface area contributed by atoms with Gasteiger partial charge in [0.15, 0.2) is 5.96 Å². The van der Waals surface area contributed by atoms with E-state index in [9.17, 15) is 9.18 Å². The van der Waals surface area contributed by atoms with E-state index in [1.165, 1.54) is 12.1 Å². The van der Waals surface area contributed by atoms with Crippen molar-refractivity contribution in [3.63, 3.8) is 0 Å². The van der Waals surface area contributed by atoms with E-state index >= 15 is 0 Å². The summed E-state index contributed by atoms with van der Waals surface area (Å²) in [5.74, 6) is 0.765. The molecule has 1 N–H and O–H groups in total. The topological polar surface area (TPSA) is 60.4 Å². The van der Waals surface area contributed by atoms with Crippen molar-refractivity contribution >= 4 is 35.8 Å². The molecule has 168 valence electrons. The van der Waals surface area contributed by atoms with Crippen molar-refractivity contribution in [1.82, 2.24) is 20.0 Å². The molecule has 1 atom stereocenters. The third kappa shape index (κ3) is 6.78. The van der Waals surface area contributed by atoms with Crippen LogP contribution in [0.3, 0.4) is 0 Å². The lowest BCUT2D eigenvalue weighted by atomic mass is 10.0. The van der Waals surface area contributed by atoms with Crippen molar-refractivity contribution in [2.24, 2.45) is 4.99 Å². The van der Waals surface area contributed by atoms with Gasteiger partial charge in [-0.15, -0.1) is 24.0 Å². The Labute approximate surface area is 195 Å². The van der Waals surface area contributed by atoms with Gasteiger partial charge in [0.2, 0.25) is 5.91 Å². The standard InChI is InChI=1S/C21H32FN5O2.HI/c1-3-23-21(27-10-8-25(9-11-27)17(2)28)24-16-20(26-12-14-29-15-13-26)18-4-6-19(22)7-5-18;/h4-7,20H,3,8-16H2,1-2H3,(H,23,24);1H. The second-order valence-electron chi connectivity index (χ2n) is 7.40. The predicted molar refractivity (Wildman–Crippen MR) is 127 cm³/mol. The zero-order valence-electron chi connectivity index (χ0n) is 17.8. The summed E-state index contributed by atoms with van der Waals surface area (Å²) in [4.78, 5) is 23.0. The van der Waals surface area contributed by atoms with Gasteiger partial charge in [0.05, 0.1) is 25.8 Å². The molecule has 7 nitrogen and oxygen atoms in total. The van der Waals surface area contributed by atoms with Gasteiger partial charge in [-0.1, -0.05) is 12.1 Å². The molecule has 1 unspecified atom stereocenters. The highest BCUT2D eigenvalue weighted by Gasteiger charge is 2.24. The Bertz CT molecular complexity index is 689. The Kier molecular flexibility index (Phi) is 10.3. The predicted octanol–water partition coefficient (Wildman–Crippen LogP) is 1.95. The van der Waals surface area contributed by atoms with E-state index in [2.05, 4.69) is 22.0 Å². The van der Waals surface area contributed by atoms with Gasteiger partial charge in [0.25, 0.3) is 0 Å². The maximum atomic E-state index is 13.4. The summed E-state index contributed by atoms with van der Waals surface area (Å²) in [5, 5.41) is 3.38. The molecule has 1 amide bonds. The molecule has 2 aliphatic rings. The van der Waals surface area contributed by atoms with E-state index in [1.54, 1.807) is 6.92 Å². The fraction of sp³-hybridized carbons (Fsp3) is 0.619. The second kappa shape index (κ2) is 12.4. The van der Waals surface area contributed by atoms with Crippen molar-refractivity contribution < 1.29 is 13.9 Å². The van der Waals surface area contributed by atoms with Crippen LogP contribution in [0.2, 0.25) is 0 Å². The third-order valence-corrected chi connectivity index (χ3v) is 5.51. The maximum absolute atomic E-state index is 13.4. The smallest absolute Gasteiger partial charge is 0.219 e.